The number of hydrogen-bond acceptors (Lipinski definition) is 5. The lowest BCUT2D eigenvalue weighted by Gasteiger charge is -2.14. The molecule has 0 saturated carbocycles. The first-order chi connectivity index (χ1) is 8.20. The number of aromatic nitrogens is 4. The van der Waals surface area contributed by atoms with E-state index in [1.807, 2.05) is 31.1 Å². The third-order valence-electron chi connectivity index (χ3n) is 2.55. The highest BCUT2D eigenvalue weighted by Gasteiger charge is 2.10. The number of aryl methyl sites for hydroxylation is 2. The molecule has 2 heterocycles. The van der Waals surface area contributed by atoms with E-state index in [4.69, 9.17) is 0 Å². The van der Waals surface area contributed by atoms with E-state index < -0.39 is 0 Å². The third-order valence-corrected chi connectivity index (χ3v) is 3.64. The third kappa shape index (κ3) is 2.82. The Hall–Kier alpha value is -1.43. The molecule has 0 aliphatic carbocycles. The van der Waals surface area contributed by atoms with Crippen molar-refractivity contribution in [2.75, 3.05) is 11.9 Å². The summed E-state index contributed by atoms with van der Waals surface area (Å²) in [6.07, 6.45) is 5.88. The molecule has 2 aromatic rings. The minimum atomic E-state index is 0.754. The zero-order valence-electron chi connectivity index (χ0n) is 10.4. The van der Waals surface area contributed by atoms with E-state index in [0.29, 0.717) is 0 Å². The average Bonchev–Trinajstić information content (AvgIpc) is 2.90. The van der Waals surface area contributed by atoms with Crippen LogP contribution >= 0.6 is 11.3 Å². The van der Waals surface area contributed by atoms with Crippen molar-refractivity contribution in [3.63, 3.8) is 0 Å². The lowest BCUT2D eigenvalue weighted by Crippen LogP contribution is -2.18. The number of anilines is 1. The summed E-state index contributed by atoms with van der Waals surface area (Å²) in [5, 5.41) is 10.4. The first kappa shape index (κ1) is 12.0. The minimum Gasteiger partial charge on any atom is -0.342 e. The summed E-state index contributed by atoms with van der Waals surface area (Å²) in [7, 11) is 4.02. The highest BCUT2D eigenvalue weighted by atomic mass is 32.1. The molecule has 0 amide bonds. The fraction of sp³-hybridized carbons (Fsp3) is 0.545. The van der Waals surface area contributed by atoms with Crippen molar-refractivity contribution in [3.8, 4) is 0 Å². The molecular weight excluding hydrogens is 234 g/mol. The summed E-state index contributed by atoms with van der Waals surface area (Å²) in [6, 6.07) is 0. The average molecular weight is 251 g/mol. The van der Waals surface area contributed by atoms with Crippen LogP contribution in [0.4, 0.5) is 5.13 Å². The van der Waals surface area contributed by atoms with Crippen molar-refractivity contribution in [1.82, 2.24) is 19.7 Å². The number of imidazole rings is 1. The molecule has 0 aliphatic heterocycles. The summed E-state index contributed by atoms with van der Waals surface area (Å²) >= 11 is 1.66. The maximum Gasteiger partial charge on any atom is 0.208 e. The second-order valence-electron chi connectivity index (χ2n) is 4.04. The summed E-state index contributed by atoms with van der Waals surface area (Å²) in [4.78, 5) is 6.38. The van der Waals surface area contributed by atoms with E-state index in [-0.39, 0.29) is 0 Å². The van der Waals surface area contributed by atoms with E-state index in [0.717, 1.165) is 35.3 Å². The lowest BCUT2D eigenvalue weighted by molar-refractivity contribution is 0.755. The molecule has 0 unspecified atom stereocenters. The Kier molecular flexibility index (Phi) is 3.73. The monoisotopic (exact) mass is 251 g/mol. The number of hydrogen-bond donors (Lipinski definition) is 0. The predicted molar refractivity (Wildman–Crippen MR) is 69.2 cm³/mol. The highest BCUT2D eigenvalue weighted by molar-refractivity contribution is 7.15. The molecule has 0 fully saturated rings. The molecule has 5 nitrogen and oxygen atoms in total. The molecule has 0 N–H and O–H groups in total. The van der Waals surface area contributed by atoms with E-state index in [9.17, 15) is 0 Å². The van der Waals surface area contributed by atoms with Crippen molar-refractivity contribution < 1.29 is 0 Å². The molecule has 0 aliphatic rings. The number of nitrogens with zero attached hydrogens (tertiary/aromatic N) is 5. The second-order valence-corrected chi connectivity index (χ2v) is 5.08. The van der Waals surface area contributed by atoms with Gasteiger partial charge >= 0.3 is 0 Å². The van der Waals surface area contributed by atoms with Crippen LogP contribution in [0, 0.1) is 0 Å². The van der Waals surface area contributed by atoms with E-state index in [2.05, 4.69) is 27.0 Å². The fourth-order valence-corrected chi connectivity index (χ4v) is 2.44. The molecule has 0 saturated heterocycles. The van der Waals surface area contributed by atoms with Gasteiger partial charge < -0.3 is 9.47 Å². The quantitative estimate of drug-likeness (QED) is 0.814. The van der Waals surface area contributed by atoms with Gasteiger partial charge in [0.15, 0.2) is 0 Å². The molecule has 0 radical (unpaired) electrons. The standard InChI is InChI=1S/C11H17N5S/c1-4-5-10-13-14-11(17-10)16(3)8-9-12-6-7-15(9)2/h6-7H,4-5,8H2,1-3H3. The Morgan fingerprint density at radius 3 is 2.88 bits per heavy atom. The van der Waals surface area contributed by atoms with Crippen molar-refractivity contribution in [2.24, 2.45) is 7.05 Å². The van der Waals surface area contributed by atoms with Gasteiger partial charge in [0, 0.05) is 32.9 Å². The van der Waals surface area contributed by atoms with Crippen LogP contribution in [-0.4, -0.2) is 26.8 Å². The van der Waals surface area contributed by atoms with Gasteiger partial charge in [-0.3, -0.25) is 0 Å². The predicted octanol–water partition coefficient (Wildman–Crippen LogP) is 1.86. The maximum absolute atomic E-state index is 4.30. The van der Waals surface area contributed by atoms with E-state index >= 15 is 0 Å². The summed E-state index contributed by atoms with van der Waals surface area (Å²) in [5.74, 6) is 1.03. The van der Waals surface area contributed by atoms with Crippen LogP contribution in [0.5, 0.6) is 0 Å². The molecule has 17 heavy (non-hydrogen) atoms. The normalized spacial score (nSPS) is 10.8. The summed E-state index contributed by atoms with van der Waals surface area (Å²) in [5.41, 5.74) is 0. The van der Waals surface area contributed by atoms with Crippen LogP contribution in [-0.2, 0) is 20.0 Å². The fourth-order valence-electron chi connectivity index (χ4n) is 1.54. The molecule has 2 rings (SSSR count). The van der Waals surface area contributed by atoms with Gasteiger partial charge in [0.05, 0.1) is 6.54 Å². The Labute approximate surface area is 105 Å². The van der Waals surface area contributed by atoms with Crippen molar-refractivity contribution >= 4 is 16.5 Å². The summed E-state index contributed by atoms with van der Waals surface area (Å²) in [6.45, 7) is 2.91. The first-order valence-corrected chi connectivity index (χ1v) is 6.52. The molecule has 92 valence electrons. The zero-order valence-corrected chi connectivity index (χ0v) is 11.2. The molecule has 2 aromatic heterocycles. The zero-order chi connectivity index (χ0) is 12.3. The minimum absolute atomic E-state index is 0.754. The first-order valence-electron chi connectivity index (χ1n) is 5.70. The highest BCUT2D eigenvalue weighted by Crippen LogP contribution is 2.21. The van der Waals surface area contributed by atoms with Crippen LogP contribution in [0.3, 0.4) is 0 Å². The molecule has 0 atom stereocenters. The Morgan fingerprint density at radius 1 is 1.41 bits per heavy atom. The van der Waals surface area contributed by atoms with Crippen LogP contribution < -0.4 is 4.90 Å². The van der Waals surface area contributed by atoms with Gasteiger partial charge in [-0.2, -0.15) is 0 Å². The van der Waals surface area contributed by atoms with Gasteiger partial charge in [0.25, 0.3) is 0 Å². The molecule has 6 heteroatoms. The maximum atomic E-state index is 4.30. The Bertz CT molecular complexity index is 476. The molecule has 0 spiro atoms. The van der Waals surface area contributed by atoms with Crippen LogP contribution in [0.1, 0.15) is 24.2 Å². The van der Waals surface area contributed by atoms with Gasteiger partial charge in [-0.25, -0.2) is 4.98 Å². The van der Waals surface area contributed by atoms with Crippen LogP contribution in [0.2, 0.25) is 0 Å². The van der Waals surface area contributed by atoms with E-state index in [1.165, 1.54) is 0 Å². The van der Waals surface area contributed by atoms with Crippen LogP contribution in [0.15, 0.2) is 12.4 Å². The number of rotatable bonds is 5. The second kappa shape index (κ2) is 5.27. The molecule has 0 bridgehead atoms. The lowest BCUT2D eigenvalue weighted by atomic mass is 10.4. The largest absolute Gasteiger partial charge is 0.342 e. The van der Waals surface area contributed by atoms with Gasteiger partial charge in [-0.15, -0.1) is 10.2 Å². The molecule has 0 aromatic carbocycles. The SMILES string of the molecule is CCCc1nnc(N(C)Cc2nccn2C)s1. The Morgan fingerprint density at radius 2 is 2.24 bits per heavy atom. The summed E-state index contributed by atoms with van der Waals surface area (Å²) < 4.78 is 2.02. The van der Waals surface area contributed by atoms with Crippen LogP contribution in [0.25, 0.3) is 0 Å². The van der Waals surface area contributed by atoms with Crippen molar-refractivity contribution in [1.29, 1.82) is 0 Å². The van der Waals surface area contributed by atoms with Gasteiger partial charge in [-0.1, -0.05) is 18.3 Å². The molecular formula is C11H17N5S. The Balaban J connectivity index is 2.04. The smallest absolute Gasteiger partial charge is 0.208 e. The van der Waals surface area contributed by atoms with Gasteiger partial charge in [-0.05, 0) is 6.42 Å². The van der Waals surface area contributed by atoms with Gasteiger partial charge in [0.1, 0.15) is 10.8 Å². The van der Waals surface area contributed by atoms with Crippen molar-refractivity contribution in [3.05, 3.63) is 23.2 Å². The van der Waals surface area contributed by atoms with Crippen molar-refractivity contribution in [2.45, 2.75) is 26.3 Å². The van der Waals surface area contributed by atoms with E-state index in [1.54, 1.807) is 11.3 Å². The topological polar surface area (TPSA) is 46.8 Å². The van der Waals surface area contributed by atoms with Gasteiger partial charge in [0.2, 0.25) is 5.13 Å².